The molecule has 3 rings (SSSR count). The Kier molecular flexibility index (Phi) is 8.95. The number of hydrogen-bond acceptors (Lipinski definition) is 8. The normalized spacial score (nSPS) is 38.1. The zero-order chi connectivity index (χ0) is 23.2. The number of esters is 2. The van der Waals surface area contributed by atoms with Crippen molar-refractivity contribution in [1.82, 2.24) is 0 Å². The zero-order valence-corrected chi connectivity index (χ0v) is 19.0. The Morgan fingerprint density at radius 3 is 1.16 bits per heavy atom. The molecule has 0 amide bonds. The molecule has 0 bridgehead atoms. The Balaban J connectivity index is 1.47. The predicted molar refractivity (Wildman–Crippen MR) is 115 cm³/mol. The molecule has 0 unspecified atom stereocenters. The van der Waals surface area contributed by atoms with Gasteiger partial charge in [-0.15, -0.1) is 0 Å². The highest BCUT2D eigenvalue weighted by Crippen LogP contribution is 2.39. The van der Waals surface area contributed by atoms with Crippen molar-refractivity contribution in [2.24, 2.45) is 23.7 Å². The van der Waals surface area contributed by atoms with Crippen LogP contribution >= 0.6 is 0 Å². The molecular formula is C24H40O8. The summed E-state index contributed by atoms with van der Waals surface area (Å²) in [7, 11) is 0. The van der Waals surface area contributed by atoms with Crippen molar-refractivity contribution in [2.75, 3.05) is 26.4 Å². The number of hydrogen-bond donors (Lipinski definition) is 4. The maximum absolute atomic E-state index is 12.8. The first kappa shape index (κ1) is 25.4. The van der Waals surface area contributed by atoms with Gasteiger partial charge >= 0.3 is 11.9 Å². The molecule has 3 saturated carbocycles. The SMILES string of the molecule is O=C(OC1(CO)CCC(CO)CC1)C1CCC(C(=O)OC2(CO)CCC(CO)CC2)CC1. The van der Waals surface area contributed by atoms with E-state index in [1.54, 1.807) is 0 Å². The lowest BCUT2D eigenvalue weighted by Crippen LogP contribution is -2.45. The van der Waals surface area contributed by atoms with Crippen LogP contribution in [0.3, 0.4) is 0 Å². The molecule has 0 aromatic heterocycles. The van der Waals surface area contributed by atoms with E-state index in [4.69, 9.17) is 9.47 Å². The van der Waals surface area contributed by atoms with E-state index in [9.17, 15) is 30.0 Å². The van der Waals surface area contributed by atoms with Gasteiger partial charge in [0.2, 0.25) is 0 Å². The Labute approximate surface area is 190 Å². The van der Waals surface area contributed by atoms with Crippen LogP contribution in [0.1, 0.15) is 77.0 Å². The Morgan fingerprint density at radius 1 is 0.594 bits per heavy atom. The molecule has 0 heterocycles. The van der Waals surface area contributed by atoms with Gasteiger partial charge in [0.1, 0.15) is 11.2 Å². The molecule has 3 aliphatic carbocycles. The minimum atomic E-state index is -0.848. The van der Waals surface area contributed by atoms with Gasteiger partial charge in [-0.2, -0.15) is 0 Å². The smallest absolute Gasteiger partial charge is 0.309 e. The van der Waals surface area contributed by atoms with Crippen molar-refractivity contribution in [3.05, 3.63) is 0 Å². The lowest BCUT2D eigenvalue weighted by Gasteiger charge is -2.40. The predicted octanol–water partition coefficient (Wildman–Crippen LogP) is 1.71. The van der Waals surface area contributed by atoms with Crippen molar-refractivity contribution in [1.29, 1.82) is 0 Å². The third kappa shape index (κ3) is 6.01. The molecule has 0 radical (unpaired) electrons. The maximum Gasteiger partial charge on any atom is 0.309 e. The molecule has 3 fully saturated rings. The van der Waals surface area contributed by atoms with Crippen LogP contribution in [0, 0.1) is 23.7 Å². The minimum Gasteiger partial charge on any atom is -0.456 e. The fraction of sp³-hybridized carbons (Fsp3) is 0.917. The van der Waals surface area contributed by atoms with Gasteiger partial charge in [0.15, 0.2) is 0 Å². The number of carbonyl (C=O) groups excluding carboxylic acids is 2. The summed E-state index contributed by atoms with van der Waals surface area (Å²) in [4.78, 5) is 25.6. The van der Waals surface area contributed by atoms with E-state index >= 15 is 0 Å². The largest absolute Gasteiger partial charge is 0.456 e. The summed E-state index contributed by atoms with van der Waals surface area (Å²) in [6.07, 6.45) is 7.31. The Hall–Kier alpha value is -1.22. The highest BCUT2D eigenvalue weighted by Gasteiger charge is 2.43. The summed E-state index contributed by atoms with van der Waals surface area (Å²) < 4.78 is 11.6. The standard InChI is InChI=1S/C24H40O8/c25-13-17-5-9-23(15-27,10-6-17)31-21(29)19-1-2-20(4-3-19)22(30)32-24(16-28)11-7-18(14-26)8-12-24/h17-20,25-28H,1-16H2. The van der Waals surface area contributed by atoms with E-state index in [1.807, 2.05) is 0 Å². The quantitative estimate of drug-likeness (QED) is 0.406. The van der Waals surface area contributed by atoms with Crippen LogP contribution in [-0.2, 0) is 19.1 Å². The summed E-state index contributed by atoms with van der Waals surface area (Å²) >= 11 is 0. The van der Waals surface area contributed by atoms with Crippen molar-refractivity contribution in [3.63, 3.8) is 0 Å². The average Bonchev–Trinajstić information content (AvgIpc) is 2.85. The van der Waals surface area contributed by atoms with Crippen molar-refractivity contribution in [2.45, 2.75) is 88.3 Å². The first-order valence-corrected chi connectivity index (χ1v) is 12.3. The lowest BCUT2D eigenvalue weighted by molar-refractivity contribution is -0.182. The van der Waals surface area contributed by atoms with Crippen molar-refractivity contribution >= 4 is 11.9 Å². The fourth-order valence-electron chi connectivity index (χ4n) is 5.52. The summed E-state index contributed by atoms with van der Waals surface area (Å²) in [5.41, 5.74) is -1.70. The Bertz CT molecular complexity index is 557. The van der Waals surface area contributed by atoms with E-state index in [1.165, 1.54) is 0 Å². The second-order valence-electron chi connectivity index (χ2n) is 10.3. The van der Waals surface area contributed by atoms with Crippen molar-refractivity contribution < 1.29 is 39.5 Å². The molecule has 4 N–H and O–H groups in total. The summed E-state index contributed by atoms with van der Waals surface area (Å²) in [5, 5.41) is 38.4. The van der Waals surface area contributed by atoms with Crippen molar-refractivity contribution in [3.8, 4) is 0 Å². The van der Waals surface area contributed by atoms with E-state index < -0.39 is 11.2 Å². The summed E-state index contributed by atoms with van der Waals surface area (Å²) in [5.74, 6) is -0.772. The second-order valence-corrected chi connectivity index (χ2v) is 10.3. The number of aliphatic hydroxyl groups excluding tert-OH is 4. The molecular weight excluding hydrogens is 416 g/mol. The van der Waals surface area contributed by atoms with Crippen LogP contribution in [-0.4, -0.2) is 70.0 Å². The highest BCUT2D eigenvalue weighted by molar-refractivity contribution is 5.75. The maximum atomic E-state index is 12.8. The molecule has 8 heteroatoms. The molecule has 8 nitrogen and oxygen atoms in total. The second kappa shape index (κ2) is 11.3. The van der Waals surface area contributed by atoms with E-state index in [0.717, 1.165) is 25.7 Å². The number of ether oxygens (including phenoxy) is 2. The molecule has 184 valence electrons. The van der Waals surface area contributed by atoms with Gasteiger partial charge in [0.25, 0.3) is 0 Å². The third-order valence-corrected chi connectivity index (χ3v) is 8.15. The van der Waals surface area contributed by atoms with Gasteiger partial charge in [-0.25, -0.2) is 0 Å². The molecule has 0 aromatic rings. The topological polar surface area (TPSA) is 134 Å². The number of carbonyl (C=O) groups is 2. The third-order valence-electron chi connectivity index (χ3n) is 8.15. The summed E-state index contributed by atoms with van der Waals surface area (Å²) in [6, 6.07) is 0. The lowest BCUT2D eigenvalue weighted by atomic mass is 9.78. The van der Waals surface area contributed by atoms with Crippen LogP contribution < -0.4 is 0 Å². The molecule has 0 saturated heterocycles. The molecule has 32 heavy (non-hydrogen) atoms. The Morgan fingerprint density at radius 2 is 0.906 bits per heavy atom. The van der Waals surface area contributed by atoms with E-state index in [0.29, 0.717) is 51.4 Å². The molecule has 0 spiro atoms. The highest BCUT2D eigenvalue weighted by atomic mass is 16.6. The van der Waals surface area contributed by atoms with Gasteiger partial charge in [0, 0.05) is 13.2 Å². The molecule has 3 aliphatic rings. The van der Waals surface area contributed by atoms with Crippen LogP contribution in [0.4, 0.5) is 0 Å². The average molecular weight is 457 g/mol. The van der Waals surface area contributed by atoms with Crippen LogP contribution in [0.15, 0.2) is 0 Å². The van der Waals surface area contributed by atoms with Crippen LogP contribution in [0.5, 0.6) is 0 Å². The van der Waals surface area contributed by atoms with Crippen LogP contribution in [0.2, 0.25) is 0 Å². The molecule has 0 atom stereocenters. The van der Waals surface area contributed by atoms with Gasteiger partial charge in [-0.3, -0.25) is 9.59 Å². The van der Waals surface area contributed by atoms with Gasteiger partial charge in [0.05, 0.1) is 25.0 Å². The molecule has 0 aromatic carbocycles. The summed E-state index contributed by atoms with van der Waals surface area (Å²) in [6.45, 7) is -0.178. The number of aliphatic hydroxyl groups is 4. The van der Waals surface area contributed by atoms with Gasteiger partial charge < -0.3 is 29.9 Å². The van der Waals surface area contributed by atoms with E-state index in [2.05, 4.69) is 0 Å². The zero-order valence-electron chi connectivity index (χ0n) is 19.0. The minimum absolute atomic E-state index is 0.120. The van der Waals surface area contributed by atoms with Gasteiger partial charge in [-0.1, -0.05) is 0 Å². The van der Waals surface area contributed by atoms with E-state index in [-0.39, 0.29) is 62.0 Å². The first-order chi connectivity index (χ1) is 15.4. The van der Waals surface area contributed by atoms with Gasteiger partial charge in [-0.05, 0) is 88.9 Å². The monoisotopic (exact) mass is 456 g/mol. The first-order valence-electron chi connectivity index (χ1n) is 12.3. The molecule has 0 aliphatic heterocycles. The fourth-order valence-corrected chi connectivity index (χ4v) is 5.52. The number of rotatable bonds is 8. The van der Waals surface area contributed by atoms with Crippen LogP contribution in [0.25, 0.3) is 0 Å².